The maximum atomic E-state index is 9.85. The highest BCUT2D eigenvalue weighted by Gasteiger charge is 2.48. The fourth-order valence-corrected chi connectivity index (χ4v) is 5.31. The number of nitrogens with one attached hydrogen (secondary N) is 1. The Hall–Kier alpha value is -2.95. The number of aromatic amines is 1. The van der Waals surface area contributed by atoms with Crippen molar-refractivity contribution < 1.29 is 5.11 Å². The van der Waals surface area contributed by atoms with E-state index in [2.05, 4.69) is 65.3 Å². The smallest absolute Gasteiger partial charge is 0.138 e. The molecule has 0 bridgehead atoms. The Morgan fingerprint density at radius 3 is 2.75 bits per heavy atom. The highest BCUT2D eigenvalue weighted by Crippen LogP contribution is 2.43. The van der Waals surface area contributed by atoms with Gasteiger partial charge in [-0.1, -0.05) is 42.5 Å². The van der Waals surface area contributed by atoms with Crippen molar-refractivity contribution in [2.45, 2.75) is 44.7 Å². The molecule has 0 amide bonds. The van der Waals surface area contributed by atoms with Crippen LogP contribution in [0.25, 0.3) is 22.4 Å². The summed E-state index contributed by atoms with van der Waals surface area (Å²) in [5, 5.41) is 9.85. The summed E-state index contributed by atoms with van der Waals surface area (Å²) in [6.07, 6.45) is 4.26. The van der Waals surface area contributed by atoms with Crippen LogP contribution >= 0.6 is 0 Å². The van der Waals surface area contributed by atoms with Crippen LogP contribution < -0.4 is 0 Å². The van der Waals surface area contributed by atoms with Gasteiger partial charge in [-0.2, -0.15) is 0 Å². The molecule has 2 N–H and O–H groups in total. The topological polar surface area (TPSA) is 52.1 Å². The number of nitrogens with zero attached hydrogens (tertiary/aromatic N) is 2. The Bertz CT molecular complexity index is 1270. The first-order valence-electron chi connectivity index (χ1n) is 11.7. The van der Waals surface area contributed by atoms with Crippen LogP contribution in [0, 0.1) is 6.92 Å². The molecular weight excluding hydrogens is 394 g/mol. The zero-order chi connectivity index (χ0) is 21.7. The van der Waals surface area contributed by atoms with Gasteiger partial charge in [0.05, 0.1) is 17.6 Å². The summed E-state index contributed by atoms with van der Waals surface area (Å²) in [6, 6.07) is 21.7. The highest BCUT2D eigenvalue weighted by atomic mass is 16.3. The van der Waals surface area contributed by atoms with E-state index >= 15 is 0 Å². The number of para-hydroxylation sites is 2. The van der Waals surface area contributed by atoms with Crippen LogP contribution in [0.2, 0.25) is 0 Å². The van der Waals surface area contributed by atoms with E-state index in [1.165, 1.54) is 33.4 Å². The zero-order valence-electron chi connectivity index (χ0n) is 18.6. The first-order valence-corrected chi connectivity index (χ1v) is 11.7. The zero-order valence-corrected chi connectivity index (χ0v) is 18.6. The Kier molecular flexibility index (Phi) is 4.67. The van der Waals surface area contributed by atoms with E-state index in [9.17, 15) is 5.11 Å². The van der Waals surface area contributed by atoms with Gasteiger partial charge in [0, 0.05) is 24.2 Å². The average molecular weight is 424 g/mol. The molecule has 32 heavy (non-hydrogen) atoms. The first kappa shape index (κ1) is 19.7. The molecule has 162 valence electrons. The van der Waals surface area contributed by atoms with Crippen LogP contribution in [-0.4, -0.2) is 38.7 Å². The molecule has 1 aromatic heterocycles. The number of imidazole rings is 1. The lowest BCUT2D eigenvalue weighted by molar-refractivity contribution is 0.0932. The molecule has 0 radical (unpaired) electrons. The molecule has 0 atom stereocenters. The SMILES string of the molecule is Cc1ccc(Cc2cccc3c2CCN(C2(CO)CC2)C3)cc1-c1nc2ccccc2[nH]1. The van der Waals surface area contributed by atoms with Crippen molar-refractivity contribution in [2.75, 3.05) is 13.2 Å². The standard InChI is InChI=1S/C28H29N3O/c1-19-9-10-20(16-24(19)27-29-25-7-2-3-8-26(25)30-27)15-21-5-4-6-22-17-31(14-11-23(21)22)28(18-32)12-13-28/h2-10,16,32H,11-15,17-18H2,1H3,(H,29,30). The van der Waals surface area contributed by atoms with E-state index in [1.807, 2.05) is 12.1 Å². The van der Waals surface area contributed by atoms with Crippen LogP contribution in [0.3, 0.4) is 0 Å². The Morgan fingerprint density at radius 2 is 1.94 bits per heavy atom. The van der Waals surface area contributed by atoms with Gasteiger partial charge < -0.3 is 10.1 Å². The number of rotatable bonds is 5. The molecule has 0 spiro atoms. The molecule has 1 aliphatic heterocycles. The second-order valence-corrected chi connectivity index (χ2v) is 9.54. The number of aliphatic hydroxyl groups excluding tert-OH is 1. The summed E-state index contributed by atoms with van der Waals surface area (Å²) in [5.74, 6) is 0.940. The van der Waals surface area contributed by atoms with Crippen molar-refractivity contribution in [1.82, 2.24) is 14.9 Å². The third kappa shape index (κ3) is 3.35. The van der Waals surface area contributed by atoms with Crippen LogP contribution in [0.4, 0.5) is 0 Å². The average Bonchev–Trinajstić information content (AvgIpc) is 3.51. The van der Waals surface area contributed by atoms with Gasteiger partial charge in [0.25, 0.3) is 0 Å². The lowest BCUT2D eigenvalue weighted by atomic mass is 9.89. The van der Waals surface area contributed by atoms with E-state index in [0.717, 1.165) is 55.6 Å². The normalized spacial score (nSPS) is 17.4. The van der Waals surface area contributed by atoms with Gasteiger partial charge in [0.15, 0.2) is 0 Å². The lowest BCUT2D eigenvalue weighted by Gasteiger charge is -2.36. The second-order valence-electron chi connectivity index (χ2n) is 9.54. The molecule has 1 aliphatic carbocycles. The molecule has 2 heterocycles. The third-order valence-corrected chi connectivity index (χ3v) is 7.50. The summed E-state index contributed by atoms with van der Waals surface area (Å²) >= 11 is 0. The summed E-state index contributed by atoms with van der Waals surface area (Å²) in [7, 11) is 0. The van der Waals surface area contributed by atoms with E-state index in [0.29, 0.717) is 0 Å². The van der Waals surface area contributed by atoms with Gasteiger partial charge in [-0.3, -0.25) is 4.90 Å². The summed E-state index contributed by atoms with van der Waals surface area (Å²) in [6.45, 7) is 4.45. The number of hydrogen-bond acceptors (Lipinski definition) is 3. The third-order valence-electron chi connectivity index (χ3n) is 7.50. The summed E-state index contributed by atoms with van der Waals surface area (Å²) < 4.78 is 0. The monoisotopic (exact) mass is 423 g/mol. The van der Waals surface area contributed by atoms with Gasteiger partial charge >= 0.3 is 0 Å². The van der Waals surface area contributed by atoms with Crippen LogP contribution in [0.5, 0.6) is 0 Å². The Morgan fingerprint density at radius 1 is 1.06 bits per heavy atom. The molecule has 1 fully saturated rings. The second kappa shape index (κ2) is 7.58. The molecular formula is C28H29N3O. The fraction of sp³-hybridized carbons (Fsp3) is 0.321. The van der Waals surface area contributed by atoms with Crippen molar-refractivity contribution in [3.8, 4) is 11.4 Å². The highest BCUT2D eigenvalue weighted by molar-refractivity contribution is 5.80. The van der Waals surface area contributed by atoms with Gasteiger partial charge in [-0.15, -0.1) is 0 Å². The van der Waals surface area contributed by atoms with E-state index in [4.69, 9.17) is 4.98 Å². The maximum absolute atomic E-state index is 9.85. The molecule has 4 nitrogen and oxygen atoms in total. The van der Waals surface area contributed by atoms with E-state index in [-0.39, 0.29) is 12.1 Å². The quantitative estimate of drug-likeness (QED) is 0.474. The molecule has 0 unspecified atom stereocenters. The minimum atomic E-state index is 0.0616. The fourth-order valence-electron chi connectivity index (χ4n) is 5.31. The van der Waals surface area contributed by atoms with Crippen molar-refractivity contribution in [3.63, 3.8) is 0 Å². The molecule has 3 aromatic carbocycles. The van der Waals surface area contributed by atoms with E-state index in [1.54, 1.807) is 0 Å². The maximum Gasteiger partial charge on any atom is 0.138 e. The first-order chi connectivity index (χ1) is 15.6. The molecule has 1 saturated carbocycles. The number of benzene rings is 3. The molecule has 2 aliphatic rings. The van der Waals surface area contributed by atoms with Crippen molar-refractivity contribution >= 4 is 11.0 Å². The van der Waals surface area contributed by atoms with Gasteiger partial charge in [0.2, 0.25) is 0 Å². The number of fused-ring (bicyclic) bond motifs is 2. The number of aryl methyl sites for hydroxylation is 1. The predicted molar refractivity (Wildman–Crippen MR) is 129 cm³/mol. The molecule has 4 aromatic rings. The summed E-state index contributed by atoms with van der Waals surface area (Å²) in [5.41, 5.74) is 10.2. The Balaban J connectivity index is 1.30. The lowest BCUT2D eigenvalue weighted by Crippen LogP contribution is -2.43. The van der Waals surface area contributed by atoms with E-state index < -0.39 is 0 Å². The number of H-pyrrole nitrogens is 1. The molecule has 6 rings (SSSR count). The number of hydrogen-bond donors (Lipinski definition) is 2. The largest absolute Gasteiger partial charge is 0.394 e. The number of aliphatic hydroxyl groups is 1. The molecule has 0 saturated heterocycles. The van der Waals surface area contributed by atoms with Crippen molar-refractivity contribution in [3.05, 3.63) is 88.5 Å². The Labute approximate surface area is 188 Å². The predicted octanol–water partition coefficient (Wildman–Crippen LogP) is 5.01. The minimum absolute atomic E-state index is 0.0616. The van der Waals surface area contributed by atoms with Crippen LogP contribution in [0.15, 0.2) is 60.7 Å². The van der Waals surface area contributed by atoms with Gasteiger partial charge in [0.1, 0.15) is 5.82 Å². The van der Waals surface area contributed by atoms with Crippen LogP contribution in [-0.2, 0) is 19.4 Å². The number of aromatic nitrogens is 2. The van der Waals surface area contributed by atoms with Crippen molar-refractivity contribution in [1.29, 1.82) is 0 Å². The van der Waals surface area contributed by atoms with Crippen molar-refractivity contribution in [2.24, 2.45) is 0 Å². The summed E-state index contributed by atoms with van der Waals surface area (Å²) in [4.78, 5) is 10.8. The van der Waals surface area contributed by atoms with Gasteiger partial charge in [-0.05, 0) is 78.6 Å². The molecule has 4 heteroatoms. The minimum Gasteiger partial charge on any atom is -0.394 e. The van der Waals surface area contributed by atoms with Gasteiger partial charge in [-0.25, -0.2) is 4.98 Å². The van der Waals surface area contributed by atoms with Crippen LogP contribution in [0.1, 0.15) is 40.7 Å².